The second kappa shape index (κ2) is 8.89. The van der Waals surface area contributed by atoms with E-state index in [0.29, 0.717) is 12.5 Å². The van der Waals surface area contributed by atoms with Crippen molar-refractivity contribution in [3.05, 3.63) is 65.4 Å². The summed E-state index contributed by atoms with van der Waals surface area (Å²) < 4.78 is 0. The van der Waals surface area contributed by atoms with Crippen molar-refractivity contribution in [2.24, 2.45) is 10.7 Å². The number of anilines is 1. The number of fused-ring (bicyclic) bond motifs is 1. The van der Waals surface area contributed by atoms with Crippen molar-refractivity contribution >= 4 is 46.5 Å². The van der Waals surface area contributed by atoms with Crippen LogP contribution in [-0.2, 0) is 6.42 Å². The topological polar surface area (TPSA) is 66.2 Å². The van der Waals surface area contributed by atoms with Crippen LogP contribution in [0.2, 0.25) is 0 Å². The Balaban J connectivity index is 0.00000225. The highest BCUT2D eigenvalue weighted by atomic mass is 127. The summed E-state index contributed by atoms with van der Waals surface area (Å²) >= 11 is 0. The first-order chi connectivity index (χ1) is 11.6. The summed E-state index contributed by atoms with van der Waals surface area (Å²) in [5, 5.41) is 4.45. The van der Waals surface area contributed by atoms with Gasteiger partial charge in [-0.05, 0) is 61.6 Å². The van der Waals surface area contributed by atoms with Gasteiger partial charge >= 0.3 is 0 Å². The molecular formula is C20H25IN4. The predicted molar refractivity (Wildman–Crippen MR) is 118 cm³/mol. The van der Waals surface area contributed by atoms with Crippen molar-refractivity contribution in [2.45, 2.75) is 26.7 Å². The number of aromatic nitrogens is 1. The highest BCUT2D eigenvalue weighted by Crippen LogP contribution is 2.19. The van der Waals surface area contributed by atoms with Crippen LogP contribution in [0.15, 0.2) is 53.7 Å². The molecule has 0 radical (unpaired) electrons. The smallest absolute Gasteiger partial charge is 0.193 e. The lowest BCUT2D eigenvalue weighted by Gasteiger charge is -2.08. The first kappa shape index (κ1) is 19.3. The molecule has 0 spiro atoms. The van der Waals surface area contributed by atoms with E-state index in [1.54, 1.807) is 0 Å². The van der Waals surface area contributed by atoms with Crippen molar-refractivity contribution in [3.63, 3.8) is 0 Å². The van der Waals surface area contributed by atoms with Crippen LogP contribution in [0.3, 0.4) is 0 Å². The largest absolute Gasteiger partial charge is 0.370 e. The number of H-pyrrole nitrogens is 1. The van der Waals surface area contributed by atoms with E-state index < -0.39 is 0 Å². The van der Waals surface area contributed by atoms with Gasteiger partial charge in [-0.15, -0.1) is 24.0 Å². The Labute approximate surface area is 165 Å². The molecule has 3 rings (SSSR count). The van der Waals surface area contributed by atoms with E-state index in [2.05, 4.69) is 65.7 Å². The quantitative estimate of drug-likeness (QED) is 0.228. The molecule has 25 heavy (non-hydrogen) atoms. The third-order valence-electron chi connectivity index (χ3n) is 4.34. The third kappa shape index (κ3) is 4.98. The Kier molecular flexibility index (Phi) is 6.87. The number of nitrogens with two attached hydrogens (primary N) is 1. The maximum Gasteiger partial charge on any atom is 0.193 e. The summed E-state index contributed by atoms with van der Waals surface area (Å²) in [6, 6.07) is 14.6. The standard InChI is InChI=1S/C20H24N4.HI/c1-14-9-10-17(12-15(14)2)24-20(21)22-11-5-6-16-13-23-19-8-4-3-7-18(16)19;/h3-4,7-10,12-13,23H,5-6,11H2,1-2H3,(H3,21,22,24);1H. The average molecular weight is 448 g/mol. The van der Waals surface area contributed by atoms with E-state index in [4.69, 9.17) is 5.73 Å². The third-order valence-corrected chi connectivity index (χ3v) is 4.34. The van der Waals surface area contributed by atoms with Gasteiger partial charge in [-0.3, -0.25) is 4.99 Å². The van der Waals surface area contributed by atoms with Gasteiger partial charge in [0, 0.05) is 29.3 Å². The molecule has 2 aromatic carbocycles. The number of nitrogens with zero attached hydrogens (tertiary/aromatic N) is 1. The molecule has 0 amide bonds. The van der Waals surface area contributed by atoms with Gasteiger partial charge in [0.1, 0.15) is 0 Å². The minimum Gasteiger partial charge on any atom is -0.370 e. The van der Waals surface area contributed by atoms with Gasteiger partial charge in [-0.2, -0.15) is 0 Å². The van der Waals surface area contributed by atoms with Crippen molar-refractivity contribution in [1.82, 2.24) is 4.98 Å². The molecule has 3 aromatic rings. The molecule has 0 saturated heterocycles. The molecule has 1 heterocycles. The molecule has 5 heteroatoms. The van der Waals surface area contributed by atoms with Crippen molar-refractivity contribution in [1.29, 1.82) is 0 Å². The minimum atomic E-state index is 0. The van der Waals surface area contributed by atoms with Gasteiger partial charge in [0.25, 0.3) is 0 Å². The zero-order chi connectivity index (χ0) is 16.9. The Morgan fingerprint density at radius 1 is 1.12 bits per heavy atom. The number of halogens is 1. The van der Waals surface area contributed by atoms with E-state index in [0.717, 1.165) is 18.5 Å². The van der Waals surface area contributed by atoms with Crippen molar-refractivity contribution < 1.29 is 0 Å². The number of para-hydroxylation sites is 1. The minimum absolute atomic E-state index is 0. The SMILES string of the molecule is Cc1ccc(NC(N)=NCCCc2c[nH]c3ccccc23)cc1C.I. The molecule has 0 aliphatic rings. The number of aryl methyl sites for hydroxylation is 3. The highest BCUT2D eigenvalue weighted by Gasteiger charge is 2.02. The molecule has 0 atom stereocenters. The fraction of sp³-hybridized carbons (Fsp3) is 0.250. The fourth-order valence-corrected chi connectivity index (χ4v) is 2.81. The number of benzene rings is 2. The van der Waals surface area contributed by atoms with E-state index in [-0.39, 0.29) is 24.0 Å². The second-order valence-corrected chi connectivity index (χ2v) is 6.15. The molecule has 1 aromatic heterocycles. The number of guanidine groups is 1. The van der Waals surface area contributed by atoms with Crippen molar-refractivity contribution in [3.8, 4) is 0 Å². The average Bonchev–Trinajstić information content (AvgIpc) is 2.98. The lowest BCUT2D eigenvalue weighted by Crippen LogP contribution is -2.23. The fourth-order valence-electron chi connectivity index (χ4n) is 2.81. The van der Waals surface area contributed by atoms with Gasteiger partial charge in [0.05, 0.1) is 0 Å². The highest BCUT2D eigenvalue weighted by molar-refractivity contribution is 14.0. The van der Waals surface area contributed by atoms with Crippen LogP contribution in [0.25, 0.3) is 10.9 Å². The van der Waals surface area contributed by atoms with Gasteiger partial charge in [0.15, 0.2) is 5.96 Å². The van der Waals surface area contributed by atoms with Crippen LogP contribution < -0.4 is 11.1 Å². The van der Waals surface area contributed by atoms with Gasteiger partial charge < -0.3 is 16.0 Å². The Morgan fingerprint density at radius 2 is 1.92 bits per heavy atom. The zero-order valence-electron chi connectivity index (χ0n) is 14.7. The Bertz CT molecular complexity index is 867. The summed E-state index contributed by atoms with van der Waals surface area (Å²) in [5.41, 5.74) is 12.0. The molecule has 0 unspecified atom stereocenters. The number of hydrogen-bond donors (Lipinski definition) is 3. The summed E-state index contributed by atoms with van der Waals surface area (Å²) in [5.74, 6) is 0.470. The Hall–Kier alpha value is -2.02. The summed E-state index contributed by atoms with van der Waals surface area (Å²) in [6.07, 6.45) is 4.05. The number of rotatable bonds is 5. The monoisotopic (exact) mass is 448 g/mol. The normalized spacial score (nSPS) is 11.4. The first-order valence-corrected chi connectivity index (χ1v) is 8.32. The predicted octanol–water partition coefficient (Wildman–Crippen LogP) is 4.76. The summed E-state index contributed by atoms with van der Waals surface area (Å²) in [6.45, 7) is 4.90. The molecule has 0 bridgehead atoms. The molecule has 0 aliphatic heterocycles. The van der Waals surface area contributed by atoms with E-state index >= 15 is 0 Å². The molecule has 0 saturated carbocycles. The molecule has 0 aliphatic carbocycles. The molecule has 4 nitrogen and oxygen atoms in total. The maximum absolute atomic E-state index is 5.98. The van der Waals surface area contributed by atoms with Crippen LogP contribution in [0.5, 0.6) is 0 Å². The number of hydrogen-bond acceptors (Lipinski definition) is 1. The van der Waals surface area contributed by atoms with Crippen LogP contribution >= 0.6 is 24.0 Å². The lowest BCUT2D eigenvalue weighted by atomic mass is 10.1. The summed E-state index contributed by atoms with van der Waals surface area (Å²) in [4.78, 5) is 7.73. The van der Waals surface area contributed by atoms with Gasteiger partial charge in [-0.1, -0.05) is 24.3 Å². The Morgan fingerprint density at radius 3 is 2.72 bits per heavy atom. The van der Waals surface area contributed by atoms with E-state index in [9.17, 15) is 0 Å². The van der Waals surface area contributed by atoms with E-state index in [1.807, 2.05) is 12.1 Å². The number of aliphatic imine (C=N–C) groups is 1. The molecule has 0 fully saturated rings. The van der Waals surface area contributed by atoms with Crippen LogP contribution in [-0.4, -0.2) is 17.5 Å². The van der Waals surface area contributed by atoms with Crippen molar-refractivity contribution in [2.75, 3.05) is 11.9 Å². The number of aromatic amines is 1. The van der Waals surface area contributed by atoms with Gasteiger partial charge in [-0.25, -0.2) is 0 Å². The summed E-state index contributed by atoms with van der Waals surface area (Å²) in [7, 11) is 0. The zero-order valence-corrected chi connectivity index (χ0v) is 17.0. The number of nitrogens with one attached hydrogen (secondary N) is 2. The van der Waals surface area contributed by atoms with Gasteiger partial charge in [0.2, 0.25) is 0 Å². The van der Waals surface area contributed by atoms with Crippen LogP contribution in [0.1, 0.15) is 23.1 Å². The van der Waals surface area contributed by atoms with Crippen LogP contribution in [0, 0.1) is 13.8 Å². The van der Waals surface area contributed by atoms with Crippen LogP contribution in [0.4, 0.5) is 5.69 Å². The van der Waals surface area contributed by atoms with E-state index in [1.165, 1.54) is 27.6 Å². The molecular weight excluding hydrogens is 423 g/mol. The molecule has 4 N–H and O–H groups in total. The first-order valence-electron chi connectivity index (χ1n) is 8.32. The maximum atomic E-state index is 5.98. The lowest BCUT2D eigenvalue weighted by molar-refractivity contribution is 0.836. The second-order valence-electron chi connectivity index (χ2n) is 6.15. The molecule has 132 valence electrons.